The van der Waals surface area contributed by atoms with Crippen molar-refractivity contribution in [3.8, 4) is 5.75 Å². The SMILES string of the molecule is CCC(=O)N1CCN(c2cc(C(=O)NCC(O)[C@@H]3Cc4ccc(O)cc4CN3C(=O)O)cc(NC3CCC3)n2)CC1. The summed E-state index contributed by atoms with van der Waals surface area (Å²) in [5, 5.41) is 36.8. The Bertz CT molecular complexity index is 1290. The molecule has 1 aromatic heterocycles. The summed E-state index contributed by atoms with van der Waals surface area (Å²) in [6.45, 7) is 4.15. The number of aromatic hydroxyl groups is 1. The number of carbonyl (C=O) groups is 3. The Morgan fingerprint density at radius 3 is 2.49 bits per heavy atom. The van der Waals surface area contributed by atoms with Crippen LogP contribution in [0.5, 0.6) is 5.75 Å². The van der Waals surface area contributed by atoms with E-state index in [0.717, 1.165) is 29.7 Å². The summed E-state index contributed by atoms with van der Waals surface area (Å²) in [7, 11) is 0. The van der Waals surface area contributed by atoms with Crippen molar-refractivity contribution >= 4 is 29.5 Å². The largest absolute Gasteiger partial charge is 0.508 e. The molecule has 2 aliphatic heterocycles. The molecule has 220 valence electrons. The maximum Gasteiger partial charge on any atom is 0.407 e. The number of nitrogens with one attached hydrogen (secondary N) is 2. The number of hydrogen-bond donors (Lipinski definition) is 5. The standard InChI is InChI=1S/C29H38N6O6/c1-2-27(38)34-10-8-33(9-11-34)26-15-19(14-25(32-26)31-21-4-3-5-21)28(39)30-16-24(37)23-13-18-6-7-22(36)12-20(18)17-35(23)29(40)41/h6-7,12,14-15,21,23-24,36-37H,2-5,8-11,13,16-17H2,1H3,(H,30,39)(H,31,32)(H,40,41)/t23-,24?/m0/s1. The van der Waals surface area contributed by atoms with Crippen LogP contribution in [0, 0.1) is 0 Å². The number of phenols is 1. The second-order valence-corrected chi connectivity index (χ2v) is 11.0. The summed E-state index contributed by atoms with van der Waals surface area (Å²) < 4.78 is 0. The van der Waals surface area contributed by atoms with Crippen LogP contribution in [0.3, 0.4) is 0 Å². The molecule has 12 nitrogen and oxygen atoms in total. The van der Waals surface area contributed by atoms with Crippen LogP contribution in [0.25, 0.3) is 0 Å². The Hall–Kier alpha value is -4.06. The molecular weight excluding hydrogens is 528 g/mol. The smallest absolute Gasteiger partial charge is 0.407 e. The van der Waals surface area contributed by atoms with Gasteiger partial charge in [0.05, 0.1) is 12.1 Å². The molecule has 1 unspecified atom stereocenters. The van der Waals surface area contributed by atoms with Gasteiger partial charge < -0.3 is 35.8 Å². The normalized spacial score (nSPS) is 19.7. The van der Waals surface area contributed by atoms with E-state index in [-0.39, 0.29) is 31.2 Å². The van der Waals surface area contributed by atoms with E-state index >= 15 is 0 Å². The molecule has 0 bridgehead atoms. The minimum absolute atomic E-state index is 0.0375. The van der Waals surface area contributed by atoms with Gasteiger partial charge in [-0.1, -0.05) is 13.0 Å². The number of pyridine rings is 1. The van der Waals surface area contributed by atoms with Gasteiger partial charge in [-0.2, -0.15) is 0 Å². The van der Waals surface area contributed by atoms with Crippen molar-refractivity contribution < 1.29 is 29.7 Å². The number of benzene rings is 1. The predicted molar refractivity (Wildman–Crippen MR) is 152 cm³/mol. The lowest BCUT2D eigenvalue weighted by molar-refractivity contribution is -0.131. The number of amides is 3. The van der Waals surface area contributed by atoms with E-state index < -0.39 is 24.1 Å². The lowest BCUT2D eigenvalue weighted by atomic mass is 9.91. The number of phenolic OH excluding ortho intramolecular Hbond substituents is 1. The van der Waals surface area contributed by atoms with Gasteiger partial charge in [0.1, 0.15) is 17.4 Å². The number of nitrogens with zero attached hydrogens (tertiary/aromatic N) is 4. The van der Waals surface area contributed by atoms with E-state index in [2.05, 4.69) is 15.5 Å². The zero-order chi connectivity index (χ0) is 29.1. The average molecular weight is 567 g/mol. The summed E-state index contributed by atoms with van der Waals surface area (Å²) in [5.41, 5.74) is 1.92. The fourth-order valence-corrected chi connectivity index (χ4v) is 5.64. The molecule has 1 aromatic carbocycles. The molecule has 5 rings (SSSR count). The molecule has 0 spiro atoms. The van der Waals surface area contributed by atoms with Crippen molar-refractivity contribution in [3.05, 3.63) is 47.0 Å². The van der Waals surface area contributed by atoms with Crippen LogP contribution in [-0.2, 0) is 17.8 Å². The van der Waals surface area contributed by atoms with E-state index in [0.29, 0.717) is 61.4 Å². The Morgan fingerprint density at radius 1 is 1.07 bits per heavy atom. The first-order valence-electron chi connectivity index (χ1n) is 14.3. The summed E-state index contributed by atoms with van der Waals surface area (Å²) in [6, 6.07) is 7.79. The number of hydrogen-bond acceptors (Lipinski definition) is 8. The van der Waals surface area contributed by atoms with Gasteiger partial charge in [-0.05, 0) is 61.1 Å². The molecule has 1 aliphatic carbocycles. The average Bonchev–Trinajstić information content (AvgIpc) is 2.96. The van der Waals surface area contributed by atoms with Gasteiger partial charge in [0.2, 0.25) is 5.91 Å². The van der Waals surface area contributed by atoms with E-state index in [9.17, 15) is 29.7 Å². The van der Waals surface area contributed by atoms with Gasteiger partial charge in [0.15, 0.2) is 0 Å². The number of aromatic nitrogens is 1. The van der Waals surface area contributed by atoms with E-state index in [4.69, 9.17) is 4.98 Å². The highest BCUT2D eigenvalue weighted by Crippen LogP contribution is 2.29. The number of aliphatic hydroxyl groups excluding tert-OH is 1. The molecule has 2 fully saturated rings. The third-order valence-corrected chi connectivity index (χ3v) is 8.31. The fraction of sp³-hybridized carbons (Fsp3) is 0.517. The Labute approximate surface area is 239 Å². The van der Waals surface area contributed by atoms with Crippen molar-refractivity contribution in [1.29, 1.82) is 0 Å². The number of rotatable bonds is 8. The van der Waals surface area contributed by atoms with Crippen molar-refractivity contribution in [3.63, 3.8) is 0 Å². The summed E-state index contributed by atoms with van der Waals surface area (Å²) in [5.74, 6) is 1.03. The maximum atomic E-state index is 13.3. The van der Waals surface area contributed by atoms with E-state index in [1.165, 1.54) is 12.1 Å². The first kappa shape index (κ1) is 28.5. The topological polar surface area (TPSA) is 159 Å². The highest BCUT2D eigenvalue weighted by Gasteiger charge is 2.35. The van der Waals surface area contributed by atoms with Crippen LogP contribution in [-0.4, -0.2) is 98.9 Å². The number of aliphatic hydroxyl groups is 1. The second-order valence-electron chi connectivity index (χ2n) is 11.0. The summed E-state index contributed by atoms with van der Waals surface area (Å²) >= 11 is 0. The maximum absolute atomic E-state index is 13.3. The van der Waals surface area contributed by atoms with Crippen molar-refractivity contribution in [2.45, 2.75) is 63.8 Å². The Kier molecular flexibility index (Phi) is 8.48. The lowest BCUT2D eigenvalue weighted by Gasteiger charge is -2.37. The van der Waals surface area contributed by atoms with Crippen molar-refractivity contribution in [2.24, 2.45) is 0 Å². The van der Waals surface area contributed by atoms with E-state index in [1.807, 2.05) is 11.8 Å². The molecule has 1 saturated heterocycles. The zero-order valence-corrected chi connectivity index (χ0v) is 23.3. The third kappa shape index (κ3) is 6.48. The summed E-state index contributed by atoms with van der Waals surface area (Å²) in [6.07, 6.45) is 1.64. The predicted octanol–water partition coefficient (Wildman–Crippen LogP) is 2.01. The molecule has 0 radical (unpaired) electrons. The number of fused-ring (bicyclic) bond motifs is 1. The lowest BCUT2D eigenvalue weighted by Crippen LogP contribution is -2.53. The first-order chi connectivity index (χ1) is 19.7. The highest BCUT2D eigenvalue weighted by molar-refractivity contribution is 5.95. The molecule has 41 heavy (non-hydrogen) atoms. The van der Waals surface area contributed by atoms with Crippen LogP contribution in [0.2, 0.25) is 0 Å². The fourth-order valence-electron chi connectivity index (χ4n) is 5.64. The van der Waals surface area contributed by atoms with Gasteiger partial charge in [0.25, 0.3) is 5.91 Å². The van der Waals surface area contributed by atoms with Crippen LogP contribution in [0.15, 0.2) is 30.3 Å². The first-order valence-corrected chi connectivity index (χ1v) is 14.3. The summed E-state index contributed by atoms with van der Waals surface area (Å²) in [4.78, 5) is 47.2. The molecule has 12 heteroatoms. The minimum Gasteiger partial charge on any atom is -0.508 e. The number of carboxylic acid groups (broad SMARTS) is 1. The van der Waals surface area contributed by atoms with Gasteiger partial charge in [-0.25, -0.2) is 9.78 Å². The van der Waals surface area contributed by atoms with Crippen LogP contribution in [0.4, 0.5) is 16.4 Å². The Morgan fingerprint density at radius 2 is 1.83 bits per heavy atom. The number of piperazine rings is 1. The minimum atomic E-state index is -1.18. The molecule has 2 atom stereocenters. The molecule has 3 aliphatic rings. The molecule has 1 saturated carbocycles. The van der Waals surface area contributed by atoms with E-state index in [1.54, 1.807) is 18.2 Å². The van der Waals surface area contributed by atoms with Gasteiger partial charge in [0, 0.05) is 57.3 Å². The Balaban J connectivity index is 1.28. The number of carbonyl (C=O) groups excluding carboxylic acids is 2. The second kappa shape index (κ2) is 12.2. The van der Waals surface area contributed by atoms with Crippen LogP contribution < -0.4 is 15.5 Å². The monoisotopic (exact) mass is 566 g/mol. The molecule has 5 N–H and O–H groups in total. The zero-order valence-electron chi connectivity index (χ0n) is 23.3. The van der Waals surface area contributed by atoms with Crippen LogP contribution in [0.1, 0.15) is 54.1 Å². The number of anilines is 2. The van der Waals surface area contributed by atoms with Gasteiger partial charge in [-0.15, -0.1) is 0 Å². The van der Waals surface area contributed by atoms with Crippen LogP contribution >= 0.6 is 0 Å². The van der Waals surface area contributed by atoms with Gasteiger partial charge in [-0.3, -0.25) is 14.5 Å². The van der Waals surface area contributed by atoms with Gasteiger partial charge >= 0.3 is 6.09 Å². The molecule has 3 amide bonds. The van der Waals surface area contributed by atoms with Crippen molar-refractivity contribution in [2.75, 3.05) is 42.9 Å². The molecular formula is C29H38N6O6. The molecule has 2 aromatic rings. The van der Waals surface area contributed by atoms with Crippen molar-refractivity contribution in [1.82, 2.24) is 20.1 Å². The molecule has 3 heterocycles. The quantitative estimate of drug-likeness (QED) is 0.322. The highest BCUT2D eigenvalue weighted by atomic mass is 16.4. The third-order valence-electron chi connectivity index (χ3n) is 8.31.